The van der Waals surface area contributed by atoms with Crippen LogP contribution in [-0.4, -0.2) is 23.3 Å². The number of rotatable bonds is 7. The van der Waals surface area contributed by atoms with E-state index < -0.39 is 35.0 Å². The van der Waals surface area contributed by atoms with E-state index in [1.807, 2.05) is 0 Å². The zero-order valence-electron chi connectivity index (χ0n) is 22.4. The van der Waals surface area contributed by atoms with Crippen molar-refractivity contribution in [3.63, 3.8) is 0 Å². The third-order valence-corrected chi connectivity index (χ3v) is 8.75. The van der Waals surface area contributed by atoms with Gasteiger partial charge in [0.05, 0.1) is 22.8 Å². The van der Waals surface area contributed by atoms with Crippen LogP contribution in [0, 0.1) is 0 Å². The van der Waals surface area contributed by atoms with E-state index in [-0.39, 0.29) is 28.1 Å². The molecule has 5 rings (SSSR count). The number of nitrogens with zero attached hydrogens (tertiary/aromatic N) is 2. The first-order chi connectivity index (χ1) is 20.9. The highest BCUT2D eigenvalue weighted by Gasteiger charge is 2.45. The number of allylic oxidation sites excluding steroid dienone is 1. The largest absolute Gasteiger partial charge is 0.488 e. The number of halogens is 7. The molecule has 14 heteroatoms. The number of hydrogen-bond acceptors (Lipinski definition) is 6. The Bertz CT molecular complexity index is 1980. The predicted octanol–water partition coefficient (Wildman–Crippen LogP) is 7.64. The van der Waals surface area contributed by atoms with Gasteiger partial charge in [-0.05, 0) is 61.0 Å². The van der Waals surface area contributed by atoms with Crippen molar-refractivity contribution in [2.45, 2.75) is 25.7 Å². The number of aromatic nitrogens is 1. The lowest BCUT2D eigenvalue weighted by atomic mass is 9.95. The molecule has 0 aliphatic carbocycles. The van der Waals surface area contributed by atoms with Crippen molar-refractivity contribution in [3.05, 3.63) is 128 Å². The molecule has 0 N–H and O–H groups in total. The number of fused-ring (bicyclic) bond motifs is 1. The number of hydrogen-bond donors (Lipinski definition) is 0. The summed E-state index contributed by atoms with van der Waals surface area (Å²) in [5.41, 5.74) is -1.56. The van der Waals surface area contributed by atoms with Crippen LogP contribution in [0.2, 0.25) is 15.1 Å². The summed E-state index contributed by atoms with van der Waals surface area (Å²) in [6.07, 6.45) is -3.52. The van der Waals surface area contributed by atoms with Gasteiger partial charge < -0.3 is 9.47 Å². The zero-order valence-corrected chi connectivity index (χ0v) is 27.1. The van der Waals surface area contributed by atoms with Gasteiger partial charge in [0.1, 0.15) is 12.4 Å². The van der Waals surface area contributed by atoms with Crippen LogP contribution in [0.15, 0.2) is 86.2 Å². The van der Waals surface area contributed by atoms with Crippen LogP contribution >= 0.6 is 62.1 Å². The maximum absolute atomic E-state index is 14.4. The minimum Gasteiger partial charge on any atom is -0.488 e. The standard InChI is InChI=1S/C30H19BrCl3F3N2O4S/c1-2-42-28(41)24-25(15-3-7-19(32)8-4-15)39-27(40)23(44-29(39)38-26(24)30(35,36)37)12-17-11-18(31)6-10-22(17)43-14-16-5-9-20(33)13-21(16)34/h3-13,25H,2,14H2,1H3/b23-12-/t25-/m0/s1. The third-order valence-electron chi connectivity index (χ3n) is 6.44. The van der Waals surface area contributed by atoms with Gasteiger partial charge in [0.25, 0.3) is 5.56 Å². The van der Waals surface area contributed by atoms with Gasteiger partial charge >= 0.3 is 12.1 Å². The Morgan fingerprint density at radius 3 is 2.43 bits per heavy atom. The minimum atomic E-state index is -5.02. The molecule has 0 amide bonds. The van der Waals surface area contributed by atoms with Gasteiger partial charge in [-0.25, -0.2) is 9.79 Å². The fourth-order valence-electron chi connectivity index (χ4n) is 4.50. The summed E-state index contributed by atoms with van der Waals surface area (Å²) >= 11 is 22.5. The fraction of sp³-hybridized carbons (Fsp3) is 0.167. The van der Waals surface area contributed by atoms with Crippen LogP contribution in [-0.2, 0) is 16.1 Å². The summed E-state index contributed by atoms with van der Waals surface area (Å²) in [7, 11) is 0. The molecular formula is C30H19BrCl3F3N2O4S. The summed E-state index contributed by atoms with van der Waals surface area (Å²) in [4.78, 5) is 30.5. The quantitative estimate of drug-likeness (QED) is 0.183. The number of carbonyl (C=O) groups excluding carboxylic acids is 1. The first-order valence-electron chi connectivity index (χ1n) is 12.8. The Kier molecular flexibility index (Phi) is 9.62. The lowest BCUT2D eigenvalue weighted by molar-refractivity contribution is -0.140. The van der Waals surface area contributed by atoms with Crippen molar-refractivity contribution in [2.24, 2.45) is 4.99 Å². The normalized spacial score (nSPS) is 15.2. The maximum atomic E-state index is 14.4. The highest BCUT2D eigenvalue weighted by Crippen LogP contribution is 2.38. The molecule has 1 atom stereocenters. The minimum absolute atomic E-state index is 0.0572. The SMILES string of the molecule is CCOC(=O)C1=C(C(F)(F)F)N=c2s/c(=C\c3cc(Br)ccc3OCc3ccc(Cl)cc3Cl)c(=O)n2[C@H]1c1ccc(Cl)cc1. The topological polar surface area (TPSA) is 69.9 Å². The van der Waals surface area contributed by atoms with Crippen LogP contribution < -0.4 is 19.6 Å². The zero-order chi connectivity index (χ0) is 31.8. The van der Waals surface area contributed by atoms with Gasteiger partial charge in [-0.3, -0.25) is 9.36 Å². The number of thiazole rings is 1. The molecule has 4 aromatic rings. The summed E-state index contributed by atoms with van der Waals surface area (Å²) < 4.78 is 55.9. The monoisotopic (exact) mass is 744 g/mol. The molecule has 0 saturated heterocycles. The van der Waals surface area contributed by atoms with Crippen LogP contribution in [0.25, 0.3) is 6.08 Å². The first-order valence-corrected chi connectivity index (χ1v) is 15.5. The molecule has 3 aromatic carbocycles. The molecule has 0 spiro atoms. The molecule has 0 saturated carbocycles. The highest BCUT2D eigenvalue weighted by molar-refractivity contribution is 9.10. The predicted molar refractivity (Wildman–Crippen MR) is 167 cm³/mol. The smallest absolute Gasteiger partial charge is 0.434 e. The van der Waals surface area contributed by atoms with Crippen molar-refractivity contribution in [1.82, 2.24) is 4.57 Å². The number of carbonyl (C=O) groups is 1. The van der Waals surface area contributed by atoms with E-state index in [9.17, 15) is 22.8 Å². The van der Waals surface area contributed by atoms with E-state index in [0.717, 1.165) is 15.9 Å². The van der Waals surface area contributed by atoms with Crippen LogP contribution in [0.1, 0.15) is 29.7 Å². The lowest BCUT2D eigenvalue weighted by Crippen LogP contribution is -2.41. The van der Waals surface area contributed by atoms with Crippen molar-refractivity contribution in [2.75, 3.05) is 6.61 Å². The molecule has 0 unspecified atom stereocenters. The van der Waals surface area contributed by atoms with Gasteiger partial charge in [-0.15, -0.1) is 0 Å². The summed E-state index contributed by atoms with van der Waals surface area (Å²) in [6, 6.07) is 14.4. The number of esters is 1. The van der Waals surface area contributed by atoms with E-state index in [0.29, 0.717) is 36.4 Å². The first kappa shape index (κ1) is 32.3. The Morgan fingerprint density at radius 1 is 1.07 bits per heavy atom. The van der Waals surface area contributed by atoms with Gasteiger partial charge in [-0.1, -0.05) is 80.3 Å². The summed E-state index contributed by atoms with van der Waals surface area (Å²) in [5.74, 6) is -0.858. The molecule has 228 valence electrons. The van der Waals surface area contributed by atoms with E-state index in [4.69, 9.17) is 44.3 Å². The molecule has 0 fully saturated rings. The second-order valence-electron chi connectivity index (χ2n) is 9.32. The molecule has 6 nitrogen and oxygen atoms in total. The van der Waals surface area contributed by atoms with Crippen molar-refractivity contribution in [1.29, 1.82) is 0 Å². The van der Waals surface area contributed by atoms with Crippen LogP contribution in [0.3, 0.4) is 0 Å². The number of alkyl halides is 3. The molecule has 1 aromatic heterocycles. The Balaban J connectivity index is 1.68. The van der Waals surface area contributed by atoms with E-state index in [1.165, 1.54) is 37.3 Å². The van der Waals surface area contributed by atoms with Gasteiger partial charge in [0.2, 0.25) is 0 Å². The average Bonchev–Trinajstić information content (AvgIpc) is 3.27. The van der Waals surface area contributed by atoms with Crippen molar-refractivity contribution < 1.29 is 27.4 Å². The molecule has 2 heterocycles. The molecule has 0 bridgehead atoms. The van der Waals surface area contributed by atoms with Crippen molar-refractivity contribution in [3.8, 4) is 5.75 Å². The molecule has 0 radical (unpaired) electrons. The summed E-state index contributed by atoms with van der Waals surface area (Å²) in [6.45, 7) is 1.36. The van der Waals surface area contributed by atoms with E-state index >= 15 is 0 Å². The molecule has 44 heavy (non-hydrogen) atoms. The summed E-state index contributed by atoms with van der Waals surface area (Å²) in [5, 5.41) is 1.20. The van der Waals surface area contributed by atoms with Gasteiger partial charge in [0.15, 0.2) is 10.5 Å². The van der Waals surface area contributed by atoms with Crippen LogP contribution in [0.4, 0.5) is 13.2 Å². The average molecular weight is 747 g/mol. The Labute approximate surface area is 275 Å². The molecular weight excluding hydrogens is 728 g/mol. The third kappa shape index (κ3) is 6.77. The van der Waals surface area contributed by atoms with E-state index in [1.54, 1.807) is 36.4 Å². The Morgan fingerprint density at radius 2 is 1.77 bits per heavy atom. The lowest BCUT2D eigenvalue weighted by Gasteiger charge is -2.26. The maximum Gasteiger partial charge on any atom is 0.434 e. The van der Waals surface area contributed by atoms with Crippen molar-refractivity contribution >= 4 is 74.1 Å². The van der Waals surface area contributed by atoms with Crippen LogP contribution in [0.5, 0.6) is 5.75 Å². The highest BCUT2D eigenvalue weighted by atomic mass is 79.9. The fourth-order valence-corrected chi connectivity index (χ4v) is 6.46. The van der Waals surface area contributed by atoms with Gasteiger partial charge in [0, 0.05) is 30.7 Å². The van der Waals surface area contributed by atoms with E-state index in [2.05, 4.69) is 20.9 Å². The number of benzene rings is 3. The second kappa shape index (κ2) is 13.1. The Hall–Kier alpha value is -3.09. The number of ether oxygens (including phenoxy) is 2. The molecule has 1 aliphatic rings. The van der Waals surface area contributed by atoms with Gasteiger partial charge in [-0.2, -0.15) is 13.2 Å². The second-order valence-corrected chi connectivity index (χ2v) is 12.5. The molecule has 1 aliphatic heterocycles.